The standard InChI is InChI=1S/C28H32N2O7/c1-32-20-9-7-17(8-10-20)26-21-16-23(34-3)22(33-2)13-18(21)11-12-30(26)28(31)29-19-14-24(35-4)27(37-6)25(15-19)36-5/h7-10,13-16,26H,11-12H2,1-6H3,(H,29,31)/t26-/m0/s1. The van der Waals surface area contributed by atoms with E-state index in [0.29, 0.717) is 47.4 Å². The zero-order valence-corrected chi connectivity index (χ0v) is 21.9. The lowest BCUT2D eigenvalue weighted by atomic mass is 9.87. The lowest BCUT2D eigenvalue weighted by Gasteiger charge is -2.38. The number of carbonyl (C=O) groups is 1. The van der Waals surface area contributed by atoms with Crippen LogP contribution in [0.5, 0.6) is 34.5 Å². The zero-order chi connectivity index (χ0) is 26.5. The molecule has 0 saturated heterocycles. The predicted molar refractivity (Wildman–Crippen MR) is 140 cm³/mol. The van der Waals surface area contributed by atoms with E-state index in [2.05, 4.69) is 5.32 Å². The molecule has 3 aromatic rings. The number of nitrogens with zero attached hydrogens (tertiary/aromatic N) is 1. The number of amides is 2. The Morgan fingerprint density at radius 1 is 0.757 bits per heavy atom. The van der Waals surface area contributed by atoms with Crippen LogP contribution in [0.4, 0.5) is 10.5 Å². The SMILES string of the molecule is COc1ccc([C@H]2c3cc(OC)c(OC)cc3CCN2C(=O)Nc2cc(OC)c(OC)c(OC)c2)cc1. The number of benzene rings is 3. The van der Waals surface area contributed by atoms with E-state index in [0.717, 1.165) is 22.4 Å². The van der Waals surface area contributed by atoms with Crippen LogP contribution in [-0.2, 0) is 6.42 Å². The molecule has 1 N–H and O–H groups in total. The fraction of sp³-hybridized carbons (Fsp3) is 0.321. The Bertz CT molecular complexity index is 1240. The fourth-order valence-electron chi connectivity index (χ4n) is 4.66. The Morgan fingerprint density at radius 2 is 1.35 bits per heavy atom. The highest BCUT2D eigenvalue weighted by molar-refractivity contribution is 5.91. The van der Waals surface area contributed by atoms with Crippen molar-refractivity contribution < 1.29 is 33.2 Å². The van der Waals surface area contributed by atoms with Crippen molar-refractivity contribution in [3.05, 3.63) is 65.2 Å². The summed E-state index contributed by atoms with van der Waals surface area (Å²) in [4.78, 5) is 15.5. The van der Waals surface area contributed by atoms with Gasteiger partial charge in [0.15, 0.2) is 23.0 Å². The maximum absolute atomic E-state index is 13.7. The van der Waals surface area contributed by atoms with Crippen LogP contribution in [0, 0.1) is 0 Å². The number of fused-ring (bicyclic) bond motifs is 1. The van der Waals surface area contributed by atoms with Crippen molar-refractivity contribution in [2.24, 2.45) is 0 Å². The number of nitrogens with one attached hydrogen (secondary N) is 1. The second-order valence-electron chi connectivity index (χ2n) is 8.37. The summed E-state index contributed by atoms with van der Waals surface area (Å²) in [5.41, 5.74) is 3.52. The number of hydrogen-bond acceptors (Lipinski definition) is 7. The molecule has 0 aromatic heterocycles. The number of methoxy groups -OCH3 is 6. The van der Waals surface area contributed by atoms with Gasteiger partial charge in [-0.3, -0.25) is 0 Å². The Kier molecular flexibility index (Phi) is 7.81. The van der Waals surface area contributed by atoms with Crippen molar-refractivity contribution >= 4 is 11.7 Å². The molecule has 9 nitrogen and oxygen atoms in total. The topological polar surface area (TPSA) is 87.7 Å². The quantitative estimate of drug-likeness (QED) is 0.462. The van der Waals surface area contributed by atoms with Gasteiger partial charge in [0.1, 0.15) is 5.75 Å². The summed E-state index contributed by atoms with van der Waals surface area (Å²) in [7, 11) is 9.44. The van der Waals surface area contributed by atoms with Crippen molar-refractivity contribution in [2.45, 2.75) is 12.5 Å². The summed E-state index contributed by atoms with van der Waals surface area (Å²) >= 11 is 0. The minimum atomic E-state index is -0.364. The van der Waals surface area contributed by atoms with E-state index in [1.165, 1.54) is 21.3 Å². The van der Waals surface area contributed by atoms with Crippen molar-refractivity contribution in [3.63, 3.8) is 0 Å². The average molecular weight is 509 g/mol. The van der Waals surface area contributed by atoms with Crippen molar-refractivity contribution in [3.8, 4) is 34.5 Å². The third-order valence-corrected chi connectivity index (χ3v) is 6.48. The smallest absolute Gasteiger partial charge is 0.322 e. The summed E-state index contributed by atoms with van der Waals surface area (Å²) in [6.07, 6.45) is 0.658. The first-order valence-corrected chi connectivity index (χ1v) is 11.7. The second kappa shape index (κ2) is 11.2. The van der Waals surface area contributed by atoms with Gasteiger partial charge in [-0.05, 0) is 47.4 Å². The van der Waals surface area contributed by atoms with Crippen LogP contribution >= 0.6 is 0 Å². The summed E-state index contributed by atoms with van der Waals surface area (Å²) in [5.74, 6) is 3.35. The van der Waals surface area contributed by atoms with Crippen LogP contribution in [0.25, 0.3) is 0 Å². The molecule has 37 heavy (non-hydrogen) atoms. The maximum atomic E-state index is 13.7. The van der Waals surface area contributed by atoms with Gasteiger partial charge in [0, 0.05) is 18.7 Å². The molecule has 3 aromatic carbocycles. The van der Waals surface area contributed by atoms with Crippen LogP contribution in [0.1, 0.15) is 22.7 Å². The zero-order valence-electron chi connectivity index (χ0n) is 21.9. The highest BCUT2D eigenvalue weighted by atomic mass is 16.5. The Balaban J connectivity index is 1.75. The first-order valence-electron chi connectivity index (χ1n) is 11.7. The molecule has 0 fully saturated rings. The van der Waals surface area contributed by atoms with Crippen molar-refractivity contribution in [1.82, 2.24) is 4.90 Å². The molecule has 1 heterocycles. The summed E-state index contributed by atoms with van der Waals surface area (Å²) in [6, 6.07) is 14.4. The molecule has 0 bridgehead atoms. The Morgan fingerprint density at radius 3 is 1.89 bits per heavy atom. The van der Waals surface area contributed by atoms with Gasteiger partial charge in [-0.15, -0.1) is 0 Å². The van der Waals surface area contributed by atoms with Gasteiger partial charge in [-0.25, -0.2) is 4.79 Å². The molecule has 1 aliphatic rings. The molecule has 0 saturated carbocycles. The van der Waals surface area contributed by atoms with Gasteiger partial charge in [-0.2, -0.15) is 0 Å². The van der Waals surface area contributed by atoms with E-state index in [1.807, 2.05) is 36.4 Å². The number of ether oxygens (including phenoxy) is 6. The Labute approximate surface area is 216 Å². The van der Waals surface area contributed by atoms with Gasteiger partial charge < -0.3 is 38.6 Å². The predicted octanol–water partition coefficient (Wildman–Crippen LogP) is 4.92. The summed E-state index contributed by atoms with van der Waals surface area (Å²) in [6.45, 7) is 0.495. The van der Waals surface area contributed by atoms with Gasteiger partial charge in [0.2, 0.25) is 5.75 Å². The molecular weight excluding hydrogens is 476 g/mol. The first-order chi connectivity index (χ1) is 18.0. The number of anilines is 1. The average Bonchev–Trinajstić information content (AvgIpc) is 2.94. The molecule has 0 unspecified atom stereocenters. The normalized spacial score (nSPS) is 14.3. The molecule has 1 aliphatic heterocycles. The van der Waals surface area contributed by atoms with E-state index in [9.17, 15) is 4.79 Å². The first kappa shape index (κ1) is 25.8. The number of hydrogen-bond donors (Lipinski definition) is 1. The molecule has 196 valence electrons. The second-order valence-corrected chi connectivity index (χ2v) is 8.37. The van der Waals surface area contributed by atoms with Crippen molar-refractivity contribution in [1.29, 1.82) is 0 Å². The van der Waals surface area contributed by atoms with Crippen molar-refractivity contribution in [2.75, 3.05) is 54.5 Å². The van der Waals surface area contributed by atoms with Crippen LogP contribution in [0.2, 0.25) is 0 Å². The lowest BCUT2D eigenvalue weighted by Crippen LogP contribution is -2.43. The molecule has 1 atom stereocenters. The minimum Gasteiger partial charge on any atom is -0.497 e. The summed E-state index contributed by atoms with van der Waals surface area (Å²) in [5, 5.41) is 3.01. The van der Waals surface area contributed by atoms with Gasteiger partial charge in [0.25, 0.3) is 0 Å². The van der Waals surface area contributed by atoms with Gasteiger partial charge in [-0.1, -0.05) is 12.1 Å². The van der Waals surface area contributed by atoms with E-state index in [1.54, 1.807) is 38.4 Å². The largest absolute Gasteiger partial charge is 0.497 e. The fourth-order valence-corrected chi connectivity index (χ4v) is 4.66. The number of rotatable bonds is 8. The van der Waals surface area contributed by atoms with Gasteiger partial charge >= 0.3 is 6.03 Å². The van der Waals surface area contributed by atoms with Crippen LogP contribution in [-0.4, -0.2) is 60.1 Å². The molecule has 0 radical (unpaired) electrons. The van der Waals surface area contributed by atoms with Crippen LogP contribution < -0.4 is 33.7 Å². The van der Waals surface area contributed by atoms with E-state index >= 15 is 0 Å². The van der Waals surface area contributed by atoms with E-state index in [-0.39, 0.29) is 12.1 Å². The molecule has 0 aliphatic carbocycles. The third kappa shape index (κ3) is 5.02. The highest BCUT2D eigenvalue weighted by Gasteiger charge is 2.34. The molecular formula is C28H32N2O7. The highest BCUT2D eigenvalue weighted by Crippen LogP contribution is 2.43. The number of carbonyl (C=O) groups excluding carboxylic acids is 1. The van der Waals surface area contributed by atoms with Crippen LogP contribution in [0.3, 0.4) is 0 Å². The third-order valence-electron chi connectivity index (χ3n) is 6.48. The Hall–Kier alpha value is -4.27. The molecule has 9 heteroatoms. The van der Waals surface area contributed by atoms with E-state index in [4.69, 9.17) is 28.4 Å². The maximum Gasteiger partial charge on any atom is 0.322 e. The van der Waals surface area contributed by atoms with Crippen LogP contribution in [0.15, 0.2) is 48.5 Å². The summed E-state index contributed by atoms with van der Waals surface area (Å²) < 4.78 is 32.7. The molecule has 0 spiro atoms. The monoisotopic (exact) mass is 508 g/mol. The van der Waals surface area contributed by atoms with Gasteiger partial charge in [0.05, 0.1) is 54.4 Å². The molecule has 4 rings (SSSR count). The lowest BCUT2D eigenvalue weighted by molar-refractivity contribution is 0.193. The van der Waals surface area contributed by atoms with E-state index < -0.39 is 0 Å². The number of urea groups is 1. The minimum absolute atomic E-state index is 0.268. The molecule has 2 amide bonds.